The average Bonchev–Trinajstić information content (AvgIpc) is 3.00. The van der Waals surface area contributed by atoms with Crippen molar-refractivity contribution in [2.45, 2.75) is 37.5 Å². The maximum atomic E-state index is 12.6. The van der Waals surface area contributed by atoms with Gasteiger partial charge in [-0.3, -0.25) is 14.7 Å². The maximum absolute atomic E-state index is 12.6. The van der Waals surface area contributed by atoms with E-state index in [0.717, 1.165) is 18.4 Å². The molecule has 1 aromatic heterocycles. The van der Waals surface area contributed by atoms with E-state index in [1.807, 2.05) is 35.2 Å². The van der Waals surface area contributed by atoms with E-state index in [1.54, 1.807) is 6.20 Å². The van der Waals surface area contributed by atoms with Gasteiger partial charge in [0.05, 0.1) is 19.2 Å². The Morgan fingerprint density at radius 3 is 3.17 bits per heavy atom. The summed E-state index contributed by atoms with van der Waals surface area (Å²) in [5.74, 6) is 0.0955. The first-order valence-electron chi connectivity index (χ1n) is 8.26. The smallest absolute Gasteiger partial charge is 0.236 e. The number of aliphatic hydroxyl groups is 1. The summed E-state index contributed by atoms with van der Waals surface area (Å²) in [4.78, 5) is 20.5. The van der Waals surface area contributed by atoms with Crippen molar-refractivity contribution < 1.29 is 14.6 Å². The van der Waals surface area contributed by atoms with Crippen molar-refractivity contribution >= 4 is 5.91 Å². The molecule has 0 bridgehead atoms. The first-order valence-corrected chi connectivity index (χ1v) is 8.26. The molecule has 126 valence electrons. The fraction of sp³-hybridized carbons (Fsp3) is 0.647. The van der Waals surface area contributed by atoms with E-state index in [-0.39, 0.29) is 5.91 Å². The monoisotopic (exact) mass is 319 g/mol. The van der Waals surface area contributed by atoms with Gasteiger partial charge in [0.25, 0.3) is 0 Å². The second kappa shape index (κ2) is 6.95. The molecule has 23 heavy (non-hydrogen) atoms. The molecule has 2 aliphatic rings. The number of ether oxygens (including phenoxy) is 1. The van der Waals surface area contributed by atoms with Crippen LogP contribution in [-0.4, -0.2) is 70.8 Å². The number of rotatable bonds is 4. The lowest BCUT2D eigenvalue weighted by atomic mass is 9.87. The number of aromatic nitrogens is 1. The van der Waals surface area contributed by atoms with Crippen LogP contribution in [0.15, 0.2) is 24.5 Å². The molecule has 2 saturated heterocycles. The van der Waals surface area contributed by atoms with E-state index in [1.165, 1.54) is 0 Å². The normalized spacial score (nSPS) is 27.8. The molecule has 0 saturated carbocycles. The van der Waals surface area contributed by atoms with E-state index in [9.17, 15) is 9.90 Å². The quantitative estimate of drug-likeness (QED) is 0.883. The zero-order valence-corrected chi connectivity index (χ0v) is 13.6. The molecule has 2 aliphatic heterocycles. The molecule has 1 N–H and O–H groups in total. The van der Waals surface area contributed by atoms with Gasteiger partial charge in [0.15, 0.2) is 0 Å². The van der Waals surface area contributed by atoms with Gasteiger partial charge >= 0.3 is 0 Å². The number of carbonyl (C=O) groups is 1. The van der Waals surface area contributed by atoms with Crippen molar-refractivity contribution in [2.75, 3.05) is 33.3 Å². The summed E-state index contributed by atoms with van der Waals surface area (Å²) in [5.41, 5.74) is 0.558. The summed E-state index contributed by atoms with van der Waals surface area (Å²) < 4.78 is 5.81. The number of hydrogen-bond donors (Lipinski definition) is 1. The SMILES string of the molecule is CN(CC(=O)N1CC[C@H](O)[C@]2(CCCO2)C1)Cc1cccnc1. The van der Waals surface area contributed by atoms with Gasteiger partial charge in [-0.1, -0.05) is 6.07 Å². The lowest BCUT2D eigenvalue weighted by Crippen LogP contribution is -2.58. The van der Waals surface area contributed by atoms with Crippen LogP contribution >= 0.6 is 0 Å². The fourth-order valence-corrected chi connectivity index (χ4v) is 3.56. The molecule has 1 spiro atoms. The Balaban J connectivity index is 1.55. The van der Waals surface area contributed by atoms with Gasteiger partial charge in [-0.05, 0) is 37.9 Å². The highest BCUT2D eigenvalue weighted by Crippen LogP contribution is 2.34. The van der Waals surface area contributed by atoms with Crippen LogP contribution in [0.2, 0.25) is 0 Å². The summed E-state index contributed by atoms with van der Waals surface area (Å²) in [5, 5.41) is 10.3. The highest BCUT2D eigenvalue weighted by Gasteiger charge is 2.47. The first kappa shape index (κ1) is 16.4. The molecule has 3 rings (SSSR count). The minimum absolute atomic E-state index is 0.0955. The molecule has 6 heteroatoms. The van der Waals surface area contributed by atoms with Gasteiger partial charge in [0, 0.05) is 32.1 Å². The van der Waals surface area contributed by atoms with Crippen molar-refractivity contribution in [3.63, 3.8) is 0 Å². The molecule has 2 atom stereocenters. The Kier molecular flexibility index (Phi) is 4.94. The van der Waals surface area contributed by atoms with E-state index < -0.39 is 11.7 Å². The predicted molar refractivity (Wildman–Crippen MR) is 85.7 cm³/mol. The Hall–Kier alpha value is -1.50. The van der Waals surface area contributed by atoms with Gasteiger partial charge in [0.1, 0.15) is 5.60 Å². The van der Waals surface area contributed by atoms with Crippen LogP contribution in [0.4, 0.5) is 0 Å². The number of likely N-dealkylation sites (N-methyl/N-ethyl adjacent to an activating group) is 1. The predicted octanol–water partition coefficient (Wildman–Crippen LogP) is 0.656. The van der Waals surface area contributed by atoms with E-state index >= 15 is 0 Å². The molecule has 0 aliphatic carbocycles. The van der Waals surface area contributed by atoms with E-state index in [2.05, 4.69) is 4.98 Å². The first-order chi connectivity index (χ1) is 11.1. The molecule has 0 unspecified atom stereocenters. The topological polar surface area (TPSA) is 65.9 Å². The van der Waals surface area contributed by atoms with E-state index in [4.69, 9.17) is 4.74 Å². The van der Waals surface area contributed by atoms with Crippen molar-refractivity contribution in [1.82, 2.24) is 14.8 Å². The third-order valence-corrected chi connectivity index (χ3v) is 4.81. The summed E-state index contributed by atoms with van der Waals surface area (Å²) in [6.45, 7) is 2.85. The molecule has 1 aromatic rings. The summed E-state index contributed by atoms with van der Waals surface area (Å²) >= 11 is 0. The third kappa shape index (κ3) is 3.71. The number of pyridine rings is 1. The van der Waals surface area contributed by atoms with Gasteiger partial charge in [0.2, 0.25) is 5.91 Å². The molecule has 2 fully saturated rings. The van der Waals surface area contributed by atoms with Gasteiger partial charge in [-0.2, -0.15) is 0 Å². The van der Waals surface area contributed by atoms with Crippen LogP contribution in [0, 0.1) is 0 Å². The zero-order valence-electron chi connectivity index (χ0n) is 13.6. The Morgan fingerprint density at radius 2 is 2.48 bits per heavy atom. The molecule has 3 heterocycles. The van der Waals surface area contributed by atoms with Crippen LogP contribution in [0.25, 0.3) is 0 Å². The molecule has 6 nitrogen and oxygen atoms in total. The van der Waals surface area contributed by atoms with Gasteiger partial charge in [-0.15, -0.1) is 0 Å². The summed E-state index contributed by atoms with van der Waals surface area (Å²) in [7, 11) is 1.94. The number of piperidine rings is 1. The number of nitrogens with zero attached hydrogens (tertiary/aromatic N) is 3. The van der Waals surface area contributed by atoms with Gasteiger partial charge < -0.3 is 14.7 Å². The van der Waals surface area contributed by atoms with Crippen molar-refractivity contribution in [1.29, 1.82) is 0 Å². The molecular weight excluding hydrogens is 294 g/mol. The lowest BCUT2D eigenvalue weighted by Gasteiger charge is -2.43. The summed E-state index contributed by atoms with van der Waals surface area (Å²) in [6.07, 6.45) is 5.50. The Bertz CT molecular complexity index is 531. The number of amides is 1. The number of aliphatic hydroxyl groups excluding tert-OH is 1. The highest BCUT2D eigenvalue weighted by atomic mass is 16.5. The van der Waals surface area contributed by atoms with Crippen LogP contribution in [0.5, 0.6) is 0 Å². The third-order valence-electron chi connectivity index (χ3n) is 4.81. The van der Waals surface area contributed by atoms with Crippen LogP contribution in [0.1, 0.15) is 24.8 Å². The fourth-order valence-electron chi connectivity index (χ4n) is 3.56. The Morgan fingerprint density at radius 1 is 1.61 bits per heavy atom. The number of hydrogen-bond acceptors (Lipinski definition) is 5. The van der Waals surface area contributed by atoms with Crippen LogP contribution in [0.3, 0.4) is 0 Å². The minimum atomic E-state index is -0.532. The number of carbonyl (C=O) groups excluding carboxylic acids is 1. The summed E-state index contributed by atoms with van der Waals surface area (Å²) in [6, 6.07) is 3.91. The van der Waals surface area contributed by atoms with Crippen molar-refractivity contribution in [3.8, 4) is 0 Å². The second-order valence-corrected chi connectivity index (χ2v) is 6.67. The molecular formula is C17H25N3O3. The standard InChI is InChI=1S/C17H25N3O3/c1-19(11-14-4-2-7-18-10-14)12-16(22)20-8-5-15(21)17(13-20)6-3-9-23-17/h2,4,7,10,15,21H,3,5-6,8-9,11-13H2,1H3/t15-,17-/m0/s1. The maximum Gasteiger partial charge on any atom is 0.236 e. The highest BCUT2D eigenvalue weighted by molar-refractivity contribution is 5.78. The molecule has 0 radical (unpaired) electrons. The van der Waals surface area contributed by atoms with Gasteiger partial charge in [-0.25, -0.2) is 0 Å². The molecule has 1 amide bonds. The number of likely N-dealkylation sites (tertiary alicyclic amines) is 1. The molecule has 0 aromatic carbocycles. The Labute approximate surface area is 137 Å². The zero-order chi connectivity index (χ0) is 16.3. The van der Waals surface area contributed by atoms with Crippen molar-refractivity contribution in [2.24, 2.45) is 0 Å². The lowest BCUT2D eigenvalue weighted by molar-refractivity contribution is -0.155. The minimum Gasteiger partial charge on any atom is -0.390 e. The largest absolute Gasteiger partial charge is 0.390 e. The van der Waals surface area contributed by atoms with E-state index in [0.29, 0.717) is 39.2 Å². The van der Waals surface area contributed by atoms with Crippen molar-refractivity contribution in [3.05, 3.63) is 30.1 Å². The average molecular weight is 319 g/mol. The van der Waals surface area contributed by atoms with Crippen LogP contribution < -0.4 is 0 Å². The van der Waals surface area contributed by atoms with Crippen LogP contribution in [-0.2, 0) is 16.1 Å². The second-order valence-electron chi connectivity index (χ2n) is 6.67.